The van der Waals surface area contributed by atoms with Crippen LogP contribution in [0.2, 0.25) is 0 Å². The molecule has 0 saturated carbocycles. The Morgan fingerprint density at radius 2 is 1.47 bits per heavy atom. The molecule has 0 bridgehead atoms. The van der Waals surface area contributed by atoms with Crippen molar-refractivity contribution >= 4 is 18.6 Å². The Morgan fingerprint density at radius 1 is 0.900 bits per heavy atom. The number of thiol groups is 1. The van der Waals surface area contributed by atoms with Crippen LogP contribution in [0.25, 0.3) is 0 Å². The summed E-state index contributed by atoms with van der Waals surface area (Å²) in [5.41, 5.74) is 0. The van der Waals surface area contributed by atoms with Crippen molar-refractivity contribution < 1.29 is 34.7 Å². The SMILES string of the molecule is CCCCCCCCCCC(S)CCCCC(=O)O[C@@H]1O[C@H](CO)[C@@H](O)[C@H](O)[C@H]1O. The molecule has 7 nitrogen and oxygen atoms in total. The molecule has 0 aromatic rings. The molecule has 0 radical (unpaired) electrons. The number of carbonyl (C=O) groups excluding carboxylic acids is 1. The molecular weight excluding hydrogens is 408 g/mol. The molecule has 1 saturated heterocycles. The Bertz CT molecular complexity index is 449. The number of rotatable bonds is 16. The lowest BCUT2D eigenvalue weighted by atomic mass is 9.99. The Balaban J connectivity index is 2.08. The lowest BCUT2D eigenvalue weighted by Crippen LogP contribution is -2.59. The van der Waals surface area contributed by atoms with E-state index in [0.29, 0.717) is 11.7 Å². The summed E-state index contributed by atoms with van der Waals surface area (Å²) in [5.74, 6) is -0.543. The summed E-state index contributed by atoms with van der Waals surface area (Å²) in [5, 5.41) is 38.8. The quantitative estimate of drug-likeness (QED) is 0.139. The molecule has 1 aliphatic heterocycles. The number of hydrogen-bond acceptors (Lipinski definition) is 8. The van der Waals surface area contributed by atoms with Crippen molar-refractivity contribution in [3.63, 3.8) is 0 Å². The van der Waals surface area contributed by atoms with Gasteiger partial charge in [-0.15, -0.1) is 0 Å². The second-order valence-electron chi connectivity index (χ2n) is 8.35. The fraction of sp³-hybridized carbons (Fsp3) is 0.955. The van der Waals surface area contributed by atoms with Crippen LogP contribution in [0, 0.1) is 0 Å². The number of carbonyl (C=O) groups is 1. The second-order valence-corrected chi connectivity index (χ2v) is 9.08. The molecule has 1 heterocycles. The summed E-state index contributed by atoms with van der Waals surface area (Å²) >= 11 is 4.64. The van der Waals surface area contributed by atoms with Crippen LogP contribution in [0.15, 0.2) is 0 Å². The van der Waals surface area contributed by atoms with E-state index < -0.39 is 43.3 Å². The fourth-order valence-electron chi connectivity index (χ4n) is 3.66. The largest absolute Gasteiger partial charge is 0.433 e. The highest BCUT2D eigenvalue weighted by Crippen LogP contribution is 2.23. The lowest BCUT2D eigenvalue weighted by Gasteiger charge is -2.39. The second kappa shape index (κ2) is 16.3. The smallest absolute Gasteiger partial charge is 0.308 e. The molecule has 1 rings (SSSR count). The van der Waals surface area contributed by atoms with Crippen LogP contribution >= 0.6 is 12.6 Å². The van der Waals surface area contributed by atoms with E-state index in [1.165, 1.54) is 51.4 Å². The van der Waals surface area contributed by atoms with Gasteiger partial charge in [0.05, 0.1) is 6.61 Å². The first-order chi connectivity index (χ1) is 14.4. The fourth-order valence-corrected chi connectivity index (χ4v) is 4.03. The highest BCUT2D eigenvalue weighted by Gasteiger charge is 2.45. The molecule has 30 heavy (non-hydrogen) atoms. The van der Waals surface area contributed by atoms with Crippen molar-refractivity contribution in [2.75, 3.05) is 6.61 Å². The summed E-state index contributed by atoms with van der Waals surface area (Å²) in [4.78, 5) is 12.0. The monoisotopic (exact) mass is 450 g/mol. The summed E-state index contributed by atoms with van der Waals surface area (Å²) in [6.45, 7) is 1.68. The van der Waals surface area contributed by atoms with E-state index in [1.807, 2.05) is 0 Å². The highest BCUT2D eigenvalue weighted by molar-refractivity contribution is 7.80. The van der Waals surface area contributed by atoms with Crippen LogP contribution in [-0.2, 0) is 14.3 Å². The van der Waals surface area contributed by atoms with E-state index in [4.69, 9.17) is 14.6 Å². The first kappa shape index (κ1) is 27.7. The molecule has 0 spiro atoms. The molecule has 0 aromatic carbocycles. The summed E-state index contributed by atoms with van der Waals surface area (Å²) in [7, 11) is 0. The minimum Gasteiger partial charge on any atom is -0.433 e. The average Bonchev–Trinajstić information content (AvgIpc) is 2.73. The van der Waals surface area contributed by atoms with E-state index in [-0.39, 0.29) is 6.42 Å². The molecule has 1 fully saturated rings. The van der Waals surface area contributed by atoms with Gasteiger partial charge in [-0.05, 0) is 19.3 Å². The number of ether oxygens (including phenoxy) is 2. The van der Waals surface area contributed by atoms with Crippen LogP contribution in [0.1, 0.15) is 90.4 Å². The van der Waals surface area contributed by atoms with Gasteiger partial charge in [-0.1, -0.05) is 64.7 Å². The molecule has 0 aromatic heterocycles. The number of unbranched alkanes of at least 4 members (excludes halogenated alkanes) is 8. The van der Waals surface area contributed by atoms with Crippen LogP contribution in [0.5, 0.6) is 0 Å². The minimum absolute atomic E-state index is 0.174. The van der Waals surface area contributed by atoms with Gasteiger partial charge in [-0.25, -0.2) is 0 Å². The molecule has 178 valence electrons. The van der Waals surface area contributed by atoms with E-state index >= 15 is 0 Å². The lowest BCUT2D eigenvalue weighted by molar-refractivity contribution is -0.292. The van der Waals surface area contributed by atoms with Gasteiger partial charge in [0, 0.05) is 11.7 Å². The zero-order valence-electron chi connectivity index (χ0n) is 18.3. The van der Waals surface area contributed by atoms with E-state index in [9.17, 15) is 20.1 Å². The molecule has 1 aliphatic rings. The summed E-state index contributed by atoms with van der Waals surface area (Å²) in [6.07, 6.45) is 7.06. The first-order valence-corrected chi connectivity index (χ1v) is 12.1. The normalized spacial score (nSPS) is 27.7. The third-order valence-corrected chi connectivity index (χ3v) is 6.17. The van der Waals surface area contributed by atoms with Crippen molar-refractivity contribution in [1.82, 2.24) is 0 Å². The van der Waals surface area contributed by atoms with Crippen LogP contribution in [-0.4, -0.2) is 69.0 Å². The van der Waals surface area contributed by atoms with Crippen LogP contribution in [0.4, 0.5) is 0 Å². The van der Waals surface area contributed by atoms with Crippen molar-refractivity contribution in [2.24, 2.45) is 0 Å². The Hall–Kier alpha value is -0.380. The highest BCUT2D eigenvalue weighted by atomic mass is 32.1. The van der Waals surface area contributed by atoms with Gasteiger partial charge in [-0.3, -0.25) is 4.79 Å². The van der Waals surface area contributed by atoms with Gasteiger partial charge in [0.25, 0.3) is 0 Å². The van der Waals surface area contributed by atoms with Gasteiger partial charge < -0.3 is 29.9 Å². The Kier molecular flexibility index (Phi) is 15.0. The van der Waals surface area contributed by atoms with Gasteiger partial charge in [0.15, 0.2) is 0 Å². The van der Waals surface area contributed by atoms with Crippen molar-refractivity contribution in [3.05, 3.63) is 0 Å². The maximum atomic E-state index is 12.0. The third-order valence-electron chi connectivity index (χ3n) is 5.66. The maximum Gasteiger partial charge on any atom is 0.308 e. The van der Waals surface area contributed by atoms with Crippen molar-refractivity contribution in [1.29, 1.82) is 0 Å². The standard InChI is InChI=1S/C22H42O7S/c1-2-3-4-5-6-7-8-9-12-16(30)13-10-11-14-18(24)29-22-21(27)20(26)19(25)17(15-23)28-22/h16-17,19-23,25-27,30H,2-15H2,1H3/t16?,17-,19-,20+,21-,22+/m1/s1. The third kappa shape index (κ3) is 10.8. The molecular formula is C22H42O7S. The van der Waals surface area contributed by atoms with Crippen molar-refractivity contribution in [3.8, 4) is 0 Å². The van der Waals surface area contributed by atoms with Gasteiger partial charge >= 0.3 is 5.97 Å². The van der Waals surface area contributed by atoms with E-state index in [0.717, 1.165) is 19.3 Å². The number of hydrogen-bond donors (Lipinski definition) is 5. The maximum absolute atomic E-state index is 12.0. The van der Waals surface area contributed by atoms with Gasteiger partial charge in [0.2, 0.25) is 6.29 Å². The molecule has 4 N–H and O–H groups in total. The molecule has 1 unspecified atom stereocenters. The molecule has 6 atom stereocenters. The van der Waals surface area contributed by atoms with Crippen LogP contribution in [0.3, 0.4) is 0 Å². The topological polar surface area (TPSA) is 116 Å². The van der Waals surface area contributed by atoms with E-state index in [1.54, 1.807) is 0 Å². The van der Waals surface area contributed by atoms with E-state index in [2.05, 4.69) is 19.6 Å². The zero-order chi connectivity index (χ0) is 22.4. The number of aliphatic hydroxyl groups is 4. The molecule has 0 amide bonds. The predicted molar refractivity (Wildman–Crippen MR) is 118 cm³/mol. The molecule has 0 aliphatic carbocycles. The van der Waals surface area contributed by atoms with Crippen molar-refractivity contribution in [2.45, 2.75) is 126 Å². The Labute approximate surface area is 186 Å². The number of aliphatic hydroxyl groups excluding tert-OH is 4. The average molecular weight is 451 g/mol. The number of esters is 1. The molecule has 8 heteroatoms. The minimum atomic E-state index is -1.56. The summed E-state index contributed by atoms with van der Waals surface area (Å²) < 4.78 is 10.2. The Morgan fingerprint density at radius 3 is 2.07 bits per heavy atom. The summed E-state index contributed by atoms with van der Waals surface area (Å²) in [6, 6.07) is 0. The first-order valence-electron chi connectivity index (χ1n) is 11.6. The van der Waals surface area contributed by atoms with Gasteiger partial charge in [-0.2, -0.15) is 12.6 Å². The predicted octanol–water partition coefficient (Wildman–Crippen LogP) is 2.72. The van der Waals surface area contributed by atoms with Gasteiger partial charge in [0.1, 0.15) is 24.4 Å². The van der Waals surface area contributed by atoms with Crippen LogP contribution < -0.4 is 0 Å². The zero-order valence-corrected chi connectivity index (χ0v) is 19.2.